The smallest absolute Gasteiger partial charge is 0.231 e. The molecule has 0 saturated carbocycles. The molecule has 3 aromatic carbocycles. The molecule has 114 valence electrons. The molecule has 0 fully saturated rings. The molecule has 0 radical (unpaired) electrons. The van der Waals surface area contributed by atoms with Gasteiger partial charge in [0.25, 0.3) is 0 Å². The summed E-state index contributed by atoms with van der Waals surface area (Å²) in [7, 11) is 0. The molecule has 0 aromatic heterocycles. The molecule has 0 atom stereocenters. The third-order valence-corrected chi connectivity index (χ3v) is 3.75. The third-order valence-electron chi connectivity index (χ3n) is 3.75. The van der Waals surface area contributed by atoms with Crippen molar-refractivity contribution < 1.29 is 4.79 Å². The fourth-order valence-electron chi connectivity index (χ4n) is 2.56. The molecule has 0 aliphatic carbocycles. The molecule has 0 aliphatic heterocycles. The maximum Gasteiger partial charge on any atom is 0.231 e. The fourth-order valence-corrected chi connectivity index (χ4v) is 2.56. The predicted octanol–water partition coefficient (Wildman–Crippen LogP) is 4.46. The van der Waals surface area contributed by atoms with Crippen molar-refractivity contribution in [2.45, 2.75) is 13.0 Å². The standard InChI is InChI=1S/C21H19NO/c23-21(16-18-10-4-1-5-11-18)22(20-14-8-3-9-15-20)17-19-12-6-2-7-13-19/h1-15H,16-17H2. The van der Waals surface area contributed by atoms with E-state index in [1.165, 1.54) is 0 Å². The SMILES string of the molecule is O=C(Cc1ccccc1)N(Cc1ccccc1)c1ccccc1. The van der Waals surface area contributed by atoms with Gasteiger partial charge >= 0.3 is 0 Å². The first-order valence-corrected chi connectivity index (χ1v) is 7.76. The molecule has 3 rings (SSSR count). The molecule has 0 saturated heterocycles. The summed E-state index contributed by atoms with van der Waals surface area (Å²) in [5, 5.41) is 0. The lowest BCUT2D eigenvalue weighted by Gasteiger charge is -2.23. The highest BCUT2D eigenvalue weighted by atomic mass is 16.2. The summed E-state index contributed by atoms with van der Waals surface area (Å²) >= 11 is 0. The van der Waals surface area contributed by atoms with Gasteiger partial charge in [0.2, 0.25) is 5.91 Å². The zero-order chi connectivity index (χ0) is 15.9. The summed E-state index contributed by atoms with van der Waals surface area (Å²) in [6.07, 6.45) is 0.405. The Balaban J connectivity index is 1.84. The Morgan fingerprint density at radius 3 is 1.70 bits per heavy atom. The average molecular weight is 301 g/mol. The van der Waals surface area contributed by atoms with Crippen molar-refractivity contribution in [1.29, 1.82) is 0 Å². The first-order valence-electron chi connectivity index (χ1n) is 7.76. The van der Waals surface area contributed by atoms with Gasteiger partial charge in [-0.15, -0.1) is 0 Å². The van der Waals surface area contributed by atoms with Gasteiger partial charge in [-0.3, -0.25) is 4.79 Å². The third kappa shape index (κ3) is 4.07. The number of amides is 1. The number of para-hydroxylation sites is 1. The number of rotatable bonds is 5. The normalized spacial score (nSPS) is 10.3. The molecule has 1 amide bonds. The second kappa shape index (κ2) is 7.41. The summed E-state index contributed by atoms with van der Waals surface area (Å²) < 4.78 is 0. The van der Waals surface area contributed by atoms with Crippen LogP contribution < -0.4 is 4.90 Å². The molecular formula is C21H19NO. The minimum atomic E-state index is 0.103. The van der Waals surface area contributed by atoms with Crippen LogP contribution in [-0.4, -0.2) is 5.91 Å². The highest BCUT2D eigenvalue weighted by molar-refractivity contribution is 5.94. The van der Waals surface area contributed by atoms with E-state index < -0.39 is 0 Å². The van der Waals surface area contributed by atoms with Gasteiger partial charge in [-0.25, -0.2) is 0 Å². The minimum Gasteiger partial charge on any atom is -0.308 e. The Labute approximate surface area is 137 Å². The Morgan fingerprint density at radius 1 is 0.652 bits per heavy atom. The van der Waals surface area contributed by atoms with Crippen LogP contribution in [0.1, 0.15) is 11.1 Å². The van der Waals surface area contributed by atoms with E-state index in [2.05, 4.69) is 0 Å². The number of anilines is 1. The molecule has 2 heteroatoms. The molecule has 0 N–H and O–H groups in total. The Hall–Kier alpha value is -2.87. The maximum absolute atomic E-state index is 12.8. The zero-order valence-electron chi connectivity index (χ0n) is 12.9. The van der Waals surface area contributed by atoms with E-state index in [1.807, 2.05) is 95.9 Å². The van der Waals surface area contributed by atoms with E-state index in [4.69, 9.17) is 0 Å². The van der Waals surface area contributed by atoms with E-state index in [0.29, 0.717) is 13.0 Å². The first-order chi connectivity index (χ1) is 11.3. The molecule has 0 bridgehead atoms. The van der Waals surface area contributed by atoms with Gasteiger partial charge in [-0.1, -0.05) is 78.9 Å². The van der Waals surface area contributed by atoms with Crippen molar-refractivity contribution in [1.82, 2.24) is 0 Å². The fraction of sp³-hybridized carbons (Fsp3) is 0.0952. The number of carbonyl (C=O) groups is 1. The van der Waals surface area contributed by atoms with Crippen LogP contribution in [-0.2, 0) is 17.8 Å². The van der Waals surface area contributed by atoms with Crippen molar-refractivity contribution in [3.05, 3.63) is 102 Å². The van der Waals surface area contributed by atoms with Gasteiger partial charge < -0.3 is 4.90 Å². The van der Waals surface area contributed by atoms with Gasteiger partial charge in [0.1, 0.15) is 0 Å². The van der Waals surface area contributed by atoms with Gasteiger partial charge in [0.05, 0.1) is 13.0 Å². The van der Waals surface area contributed by atoms with Crippen molar-refractivity contribution in [3.63, 3.8) is 0 Å². The van der Waals surface area contributed by atoms with E-state index in [-0.39, 0.29) is 5.91 Å². The molecule has 0 unspecified atom stereocenters. The largest absolute Gasteiger partial charge is 0.308 e. The highest BCUT2D eigenvalue weighted by Crippen LogP contribution is 2.18. The summed E-state index contributed by atoms with van der Waals surface area (Å²) in [6.45, 7) is 0.580. The lowest BCUT2D eigenvalue weighted by molar-refractivity contribution is -0.118. The lowest BCUT2D eigenvalue weighted by atomic mass is 10.1. The molecule has 3 aromatic rings. The van der Waals surface area contributed by atoms with Crippen LogP contribution >= 0.6 is 0 Å². The summed E-state index contributed by atoms with van der Waals surface area (Å²) in [4.78, 5) is 14.7. The predicted molar refractivity (Wildman–Crippen MR) is 94.2 cm³/mol. The first kappa shape index (κ1) is 15.0. The van der Waals surface area contributed by atoms with Crippen molar-refractivity contribution in [2.24, 2.45) is 0 Å². The summed E-state index contributed by atoms with van der Waals surface area (Å²) in [5.41, 5.74) is 3.08. The van der Waals surface area contributed by atoms with Crippen molar-refractivity contribution in [2.75, 3.05) is 4.90 Å². The van der Waals surface area contributed by atoms with E-state index in [9.17, 15) is 4.79 Å². The number of benzene rings is 3. The van der Waals surface area contributed by atoms with Crippen LogP contribution in [0.4, 0.5) is 5.69 Å². The van der Waals surface area contributed by atoms with E-state index >= 15 is 0 Å². The van der Waals surface area contributed by atoms with E-state index in [0.717, 1.165) is 16.8 Å². The molecular weight excluding hydrogens is 282 g/mol. The second-order valence-corrected chi connectivity index (χ2v) is 5.46. The monoisotopic (exact) mass is 301 g/mol. The summed E-state index contributed by atoms with van der Waals surface area (Å²) in [6, 6.07) is 29.8. The quantitative estimate of drug-likeness (QED) is 0.681. The zero-order valence-corrected chi connectivity index (χ0v) is 12.9. The molecule has 0 spiro atoms. The van der Waals surface area contributed by atoms with Gasteiger partial charge in [-0.2, -0.15) is 0 Å². The van der Waals surface area contributed by atoms with Crippen LogP contribution in [0.25, 0.3) is 0 Å². The van der Waals surface area contributed by atoms with E-state index in [1.54, 1.807) is 0 Å². The minimum absolute atomic E-state index is 0.103. The van der Waals surface area contributed by atoms with Crippen LogP contribution in [0.2, 0.25) is 0 Å². The van der Waals surface area contributed by atoms with Crippen molar-refractivity contribution in [3.8, 4) is 0 Å². The Kier molecular flexibility index (Phi) is 4.85. The van der Waals surface area contributed by atoms with Crippen LogP contribution in [0.15, 0.2) is 91.0 Å². The maximum atomic E-state index is 12.8. The highest BCUT2D eigenvalue weighted by Gasteiger charge is 2.16. The molecule has 2 nitrogen and oxygen atoms in total. The molecule has 0 heterocycles. The van der Waals surface area contributed by atoms with Crippen LogP contribution in [0.5, 0.6) is 0 Å². The van der Waals surface area contributed by atoms with Gasteiger partial charge in [0.15, 0.2) is 0 Å². The lowest BCUT2D eigenvalue weighted by Crippen LogP contribution is -2.31. The summed E-state index contributed by atoms with van der Waals surface area (Å²) in [5.74, 6) is 0.103. The van der Waals surface area contributed by atoms with Crippen LogP contribution in [0.3, 0.4) is 0 Å². The average Bonchev–Trinajstić information content (AvgIpc) is 2.62. The van der Waals surface area contributed by atoms with Gasteiger partial charge in [-0.05, 0) is 23.3 Å². The van der Waals surface area contributed by atoms with Crippen LogP contribution in [0, 0.1) is 0 Å². The topological polar surface area (TPSA) is 20.3 Å². The number of nitrogens with zero attached hydrogens (tertiary/aromatic N) is 1. The number of carbonyl (C=O) groups excluding carboxylic acids is 1. The van der Waals surface area contributed by atoms with Gasteiger partial charge in [0, 0.05) is 5.69 Å². The number of hydrogen-bond acceptors (Lipinski definition) is 1. The van der Waals surface area contributed by atoms with Crippen molar-refractivity contribution >= 4 is 11.6 Å². The Morgan fingerprint density at radius 2 is 1.13 bits per heavy atom. The number of hydrogen-bond donors (Lipinski definition) is 0. The molecule has 23 heavy (non-hydrogen) atoms. The molecule has 0 aliphatic rings. The second-order valence-electron chi connectivity index (χ2n) is 5.46. The Bertz CT molecular complexity index is 739.